The Balaban J connectivity index is 2.14. The maximum atomic E-state index is 12.4. The molecule has 2 atom stereocenters. The van der Waals surface area contributed by atoms with Gasteiger partial charge in [-0.05, 0) is 58.2 Å². The third kappa shape index (κ3) is 4.37. The summed E-state index contributed by atoms with van der Waals surface area (Å²) < 4.78 is 5.48. The predicted molar refractivity (Wildman–Crippen MR) is 87.0 cm³/mol. The van der Waals surface area contributed by atoms with E-state index in [9.17, 15) is 9.90 Å². The zero-order valence-electron chi connectivity index (χ0n) is 13.5. The van der Waals surface area contributed by atoms with Crippen LogP contribution in [0.3, 0.4) is 0 Å². The Hall–Kier alpha value is -1.26. The standard InChI is InChI=1S/C17H24ClNO3/c1-11(15(20)12-5-7-13(18)8-6-12)19(14-9-10-14)16(21)22-17(2,3)4/h5-8,11,14-15,20H,9-10H2,1-4H3. The van der Waals surface area contributed by atoms with Crippen LogP contribution in [-0.4, -0.2) is 33.8 Å². The monoisotopic (exact) mass is 325 g/mol. The molecule has 0 saturated heterocycles. The van der Waals surface area contributed by atoms with Crippen LogP contribution in [0.25, 0.3) is 0 Å². The molecule has 0 heterocycles. The number of hydrogen-bond donors (Lipinski definition) is 1. The first-order valence-electron chi connectivity index (χ1n) is 7.64. The van der Waals surface area contributed by atoms with Gasteiger partial charge in [0.2, 0.25) is 0 Å². The van der Waals surface area contributed by atoms with Gasteiger partial charge in [0.1, 0.15) is 5.60 Å². The number of rotatable bonds is 4. The summed E-state index contributed by atoms with van der Waals surface area (Å²) in [5, 5.41) is 11.2. The highest BCUT2D eigenvalue weighted by Crippen LogP contribution is 2.34. The average molecular weight is 326 g/mol. The lowest BCUT2D eigenvalue weighted by molar-refractivity contribution is -0.00534. The third-order valence-corrected chi connectivity index (χ3v) is 3.90. The molecule has 2 unspecified atom stereocenters. The molecule has 1 aromatic rings. The molecule has 1 fully saturated rings. The van der Waals surface area contributed by atoms with E-state index in [0.29, 0.717) is 5.02 Å². The molecule has 1 aliphatic carbocycles. The first-order chi connectivity index (χ1) is 10.2. The van der Waals surface area contributed by atoms with E-state index >= 15 is 0 Å². The second-order valence-electron chi connectivity index (χ2n) is 6.86. The Morgan fingerprint density at radius 2 is 1.86 bits per heavy atom. The zero-order chi connectivity index (χ0) is 16.5. The minimum absolute atomic E-state index is 0.159. The third-order valence-electron chi connectivity index (χ3n) is 3.65. The van der Waals surface area contributed by atoms with E-state index in [2.05, 4.69) is 0 Å². The highest BCUT2D eigenvalue weighted by atomic mass is 35.5. The highest BCUT2D eigenvalue weighted by molar-refractivity contribution is 6.30. The molecule has 0 bridgehead atoms. The van der Waals surface area contributed by atoms with Gasteiger partial charge in [0.15, 0.2) is 0 Å². The van der Waals surface area contributed by atoms with Crippen molar-refractivity contribution in [2.24, 2.45) is 0 Å². The zero-order valence-corrected chi connectivity index (χ0v) is 14.3. The van der Waals surface area contributed by atoms with Crippen LogP contribution in [0.4, 0.5) is 4.79 Å². The number of amides is 1. The van der Waals surface area contributed by atoms with Crippen molar-refractivity contribution in [1.82, 2.24) is 4.90 Å². The Labute approximate surface area is 137 Å². The molecular weight excluding hydrogens is 302 g/mol. The van der Waals surface area contributed by atoms with E-state index in [4.69, 9.17) is 16.3 Å². The van der Waals surface area contributed by atoms with Gasteiger partial charge in [0.25, 0.3) is 0 Å². The van der Waals surface area contributed by atoms with Gasteiger partial charge in [0, 0.05) is 11.1 Å². The van der Waals surface area contributed by atoms with Gasteiger partial charge in [-0.2, -0.15) is 0 Å². The van der Waals surface area contributed by atoms with Crippen molar-refractivity contribution in [1.29, 1.82) is 0 Å². The molecule has 4 nitrogen and oxygen atoms in total. The molecule has 5 heteroatoms. The maximum absolute atomic E-state index is 12.4. The van der Waals surface area contributed by atoms with Crippen molar-refractivity contribution in [2.75, 3.05) is 0 Å². The Kier molecular flexibility index (Phi) is 5.03. The molecule has 0 aliphatic heterocycles. The summed E-state index contributed by atoms with van der Waals surface area (Å²) in [6.45, 7) is 7.38. The number of ether oxygens (including phenoxy) is 1. The van der Waals surface area contributed by atoms with E-state index < -0.39 is 11.7 Å². The van der Waals surface area contributed by atoms with Crippen LogP contribution in [0.15, 0.2) is 24.3 Å². The first-order valence-corrected chi connectivity index (χ1v) is 8.01. The summed E-state index contributed by atoms with van der Waals surface area (Å²) in [6, 6.07) is 6.84. The molecule has 22 heavy (non-hydrogen) atoms. The second-order valence-corrected chi connectivity index (χ2v) is 7.29. The number of nitrogens with zero attached hydrogens (tertiary/aromatic N) is 1. The molecule has 1 aromatic carbocycles. The number of halogens is 1. The molecule has 1 N–H and O–H groups in total. The van der Waals surface area contributed by atoms with Crippen molar-refractivity contribution < 1.29 is 14.6 Å². The number of carbonyl (C=O) groups is 1. The van der Waals surface area contributed by atoms with E-state index in [1.54, 1.807) is 29.2 Å². The van der Waals surface area contributed by atoms with Crippen molar-refractivity contribution in [3.8, 4) is 0 Å². The lowest BCUT2D eigenvalue weighted by Gasteiger charge is -2.34. The smallest absolute Gasteiger partial charge is 0.410 e. The van der Waals surface area contributed by atoms with E-state index in [1.165, 1.54) is 0 Å². The second kappa shape index (κ2) is 6.47. The van der Waals surface area contributed by atoms with Gasteiger partial charge < -0.3 is 9.84 Å². The average Bonchev–Trinajstić information content (AvgIpc) is 3.21. The van der Waals surface area contributed by atoms with Crippen LogP contribution in [0.2, 0.25) is 5.02 Å². The molecular formula is C17H24ClNO3. The number of benzene rings is 1. The summed E-state index contributed by atoms with van der Waals surface area (Å²) in [4.78, 5) is 14.1. The minimum atomic E-state index is -0.773. The number of hydrogen-bond acceptors (Lipinski definition) is 3. The molecule has 0 aromatic heterocycles. The van der Waals surface area contributed by atoms with Crippen LogP contribution < -0.4 is 0 Å². The highest BCUT2D eigenvalue weighted by Gasteiger charge is 2.40. The minimum Gasteiger partial charge on any atom is -0.444 e. The molecule has 122 valence electrons. The Bertz CT molecular complexity index is 520. The van der Waals surface area contributed by atoms with E-state index in [1.807, 2.05) is 27.7 Å². The molecule has 1 aliphatic rings. The summed E-state index contributed by atoms with van der Waals surface area (Å²) in [7, 11) is 0. The quantitative estimate of drug-likeness (QED) is 0.904. The SMILES string of the molecule is CC(C(O)c1ccc(Cl)cc1)N(C(=O)OC(C)(C)C)C1CC1. The lowest BCUT2D eigenvalue weighted by atomic mass is 10.0. The van der Waals surface area contributed by atoms with Crippen LogP contribution in [0.5, 0.6) is 0 Å². The van der Waals surface area contributed by atoms with Gasteiger partial charge in [0.05, 0.1) is 12.1 Å². The summed E-state index contributed by atoms with van der Waals surface area (Å²) in [5.41, 5.74) is 0.195. The van der Waals surface area contributed by atoms with E-state index in [0.717, 1.165) is 18.4 Å². The fourth-order valence-electron chi connectivity index (χ4n) is 2.41. The van der Waals surface area contributed by atoms with Gasteiger partial charge in [-0.15, -0.1) is 0 Å². The topological polar surface area (TPSA) is 49.8 Å². The fraction of sp³-hybridized carbons (Fsp3) is 0.588. The van der Waals surface area contributed by atoms with E-state index in [-0.39, 0.29) is 18.2 Å². The molecule has 1 saturated carbocycles. The van der Waals surface area contributed by atoms with Gasteiger partial charge in [-0.3, -0.25) is 4.90 Å². The van der Waals surface area contributed by atoms with Crippen molar-refractivity contribution in [2.45, 2.75) is 64.3 Å². The van der Waals surface area contributed by atoms with Crippen LogP contribution >= 0.6 is 11.6 Å². The summed E-state index contributed by atoms with van der Waals surface area (Å²) in [6.07, 6.45) is 0.773. The maximum Gasteiger partial charge on any atom is 0.410 e. The van der Waals surface area contributed by atoms with Crippen LogP contribution in [0.1, 0.15) is 52.2 Å². The number of aliphatic hydroxyl groups excluding tert-OH is 1. The summed E-state index contributed by atoms with van der Waals surface area (Å²) in [5.74, 6) is 0. The lowest BCUT2D eigenvalue weighted by Crippen LogP contribution is -2.46. The largest absolute Gasteiger partial charge is 0.444 e. The number of aliphatic hydroxyl groups is 1. The first kappa shape index (κ1) is 17.1. The molecule has 0 radical (unpaired) electrons. The van der Waals surface area contributed by atoms with Crippen molar-refractivity contribution >= 4 is 17.7 Å². The van der Waals surface area contributed by atoms with Crippen molar-refractivity contribution in [3.05, 3.63) is 34.9 Å². The van der Waals surface area contributed by atoms with Crippen molar-refractivity contribution in [3.63, 3.8) is 0 Å². The Morgan fingerprint density at radius 3 is 2.32 bits per heavy atom. The van der Waals surface area contributed by atoms with Gasteiger partial charge in [-0.25, -0.2) is 4.79 Å². The number of carbonyl (C=O) groups excluding carboxylic acids is 1. The fourth-order valence-corrected chi connectivity index (χ4v) is 2.53. The van der Waals surface area contributed by atoms with Crippen LogP contribution in [0, 0.1) is 0 Å². The van der Waals surface area contributed by atoms with Gasteiger partial charge in [-0.1, -0.05) is 23.7 Å². The molecule has 1 amide bonds. The normalized spacial score (nSPS) is 17.7. The molecule has 0 spiro atoms. The molecule has 2 rings (SSSR count). The van der Waals surface area contributed by atoms with Gasteiger partial charge >= 0.3 is 6.09 Å². The summed E-state index contributed by atoms with van der Waals surface area (Å²) >= 11 is 5.88. The predicted octanol–water partition coefficient (Wildman–Crippen LogP) is 4.16. The van der Waals surface area contributed by atoms with Crippen LogP contribution in [-0.2, 0) is 4.74 Å². The Morgan fingerprint density at radius 1 is 1.32 bits per heavy atom.